The van der Waals surface area contributed by atoms with Crippen LogP contribution in [0.25, 0.3) is 11.0 Å². The molecule has 0 bridgehead atoms. The van der Waals surface area contributed by atoms with Crippen molar-refractivity contribution in [2.24, 2.45) is 0 Å². The van der Waals surface area contributed by atoms with Crippen molar-refractivity contribution in [3.05, 3.63) is 63.5 Å². The molecule has 1 aliphatic rings. The van der Waals surface area contributed by atoms with Crippen molar-refractivity contribution in [1.82, 2.24) is 4.90 Å². The van der Waals surface area contributed by atoms with Crippen LogP contribution in [-0.2, 0) is 6.54 Å². The molecule has 0 unspecified atom stereocenters. The second kappa shape index (κ2) is 8.35. The molecule has 0 saturated carbocycles. The van der Waals surface area contributed by atoms with Crippen LogP contribution < -0.4 is 15.3 Å². The molecule has 29 heavy (non-hydrogen) atoms. The van der Waals surface area contributed by atoms with Gasteiger partial charge in [0.1, 0.15) is 17.1 Å². The fraction of sp³-hybridized carbons (Fsp3) is 0.318. The Bertz CT molecular complexity index is 1070. The van der Waals surface area contributed by atoms with E-state index in [-0.39, 0.29) is 10.8 Å². The van der Waals surface area contributed by atoms with E-state index >= 15 is 0 Å². The average Bonchev–Trinajstić information content (AvgIpc) is 2.71. The number of phenolic OH excluding ortho intramolecular Hbond substituents is 1. The summed E-state index contributed by atoms with van der Waals surface area (Å²) in [5, 5.41) is 10.8. The van der Waals surface area contributed by atoms with Crippen LogP contribution >= 0.6 is 11.6 Å². The minimum atomic E-state index is -0.432. The van der Waals surface area contributed by atoms with Crippen LogP contribution in [0.5, 0.6) is 11.5 Å². The lowest BCUT2D eigenvalue weighted by Crippen LogP contribution is -2.46. The van der Waals surface area contributed by atoms with E-state index in [1.54, 1.807) is 6.07 Å². The molecule has 1 fully saturated rings. The van der Waals surface area contributed by atoms with Gasteiger partial charge in [-0.25, -0.2) is 4.79 Å². The van der Waals surface area contributed by atoms with Crippen LogP contribution in [0.1, 0.15) is 12.5 Å². The molecule has 0 spiro atoms. The number of nitrogens with zero attached hydrogens (tertiary/aromatic N) is 2. The molecule has 0 amide bonds. The Labute approximate surface area is 173 Å². The van der Waals surface area contributed by atoms with Gasteiger partial charge in [0.25, 0.3) is 0 Å². The molecule has 152 valence electrons. The largest absolute Gasteiger partial charge is 0.506 e. The number of phenols is 1. The first-order valence-corrected chi connectivity index (χ1v) is 10.1. The fourth-order valence-electron chi connectivity index (χ4n) is 3.75. The van der Waals surface area contributed by atoms with E-state index in [1.165, 1.54) is 12.1 Å². The van der Waals surface area contributed by atoms with Gasteiger partial charge in [-0.3, -0.25) is 4.90 Å². The van der Waals surface area contributed by atoms with Crippen molar-refractivity contribution in [3.8, 4) is 11.5 Å². The molecule has 2 heterocycles. The van der Waals surface area contributed by atoms with Gasteiger partial charge in [0.05, 0.1) is 17.3 Å². The number of fused-ring (bicyclic) bond motifs is 1. The summed E-state index contributed by atoms with van der Waals surface area (Å²) >= 11 is 6.07. The van der Waals surface area contributed by atoms with Gasteiger partial charge in [0.2, 0.25) is 0 Å². The highest BCUT2D eigenvalue weighted by atomic mass is 35.5. The molecule has 6 nitrogen and oxygen atoms in total. The lowest BCUT2D eigenvalue weighted by molar-refractivity contribution is 0.249. The summed E-state index contributed by atoms with van der Waals surface area (Å²) in [6.45, 7) is 6.68. The topological polar surface area (TPSA) is 66.2 Å². The maximum absolute atomic E-state index is 12.0. The van der Waals surface area contributed by atoms with E-state index in [0.717, 1.165) is 48.6 Å². The number of hydrogen-bond acceptors (Lipinski definition) is 6. The zero-order valence-corrected chi connectivity index (χ0v) is 17.0. The molecule has 0 radical (unpaired) electrons. The fourth-order valence-corrected chi connectivity index (χ4v) is 3.91. The molecule has 7 heteroatoms. The molecule has 1 saturated heterocycles. The predicted octanol–water partition coefficient (Wildman–Crippen LogP) is 3.87. The molecular formula is C22H23ClN2O4. The van der Waals surface area contributed by atoms with Crippen LogP contribution in [0, 0.1) is 0 Å². The highest BCUT2D eigenvalue weighted by molar-refractivity contribution is 6.32. The minimum Gasteiger partial charge on any atom is -0.506 e. The highest BCUT2D eigenvalue weighted by Crippen LogP contribution is 2.31. The van der Waals surface area contributed by atoms with Gasteiger partial charge in [-0.2, -0.15) is 0 Å². The molecule has 0 atom stereocenters. The number of aromatic hydroxyl groups is 1. The van der Waals surface area contributed by atoms with Crippen molar-refractivity contribution >= 4 is 28.3 Å². The van der Waals surface area contributed by atoms with Gasteiger partial charge in [-0.1, -0.05) is 23.7 Å². The lowest BCUT2D eigenvalue weighted by atomic mass is 10.1. The smallest absolute Gasteiger partial charge is 0.336 e. The number of para-hydroxylation sites is 2. The van der Waals surface area contributed by atoms with E-state index in [9.17, 15) is 9.90 Å². The molecular weight excluding hydrogens is 392 g/mol. The maximum atomic E-state index is 12.0. The Morgan fingerprint density at radius 2 is 1.90 bits per heavy atom. The normalized spacial score (nSPS) is 15.0. The quantitative estimate of drug-likeness (QED) is 0.639. The standard InChI is InChI=1S/C22H23ClN2O4/c1-2-28-20-6-4-3-5-18(20)25-9-7-24(8-10-25)14-15-11-22(27)29-21-13-19(26)17(23)12-16(15)21/h3-6,11-13,26H,2,7-10,14H2,1H3. The number of piperazine rings is 1. The Hall–Kier alpha value is -2.70. The van der Waals surface area contributed by atoms with E-state index in [1.807, 2.05) is 25.1 Å². The van der Waals surface area contributed by atoms with Crippen LogP contribution in [0.15, 0.2) is 51.7 Å². The highest BCUT2D eigenvalue weighted by Gasteiger charge is 2.21. The summed E-state index contributed by atoms with van der Waals surface area (Å²) in [6, 6.07) is 12.7. The van der Waals surface area contributed by atoms with Gasteiger partial charge in [0, 0.05) is 50.2 Å². The van der Waals surface area contributed by atoms with Crippen molar-refractivity contribution < 1.29 is 14.3 Å². The summed E-state index contributed by atoms with van der Waals surface area (Å²) in [7, 11) is 0. The van der Waals surface area contributed by atoms with Crippen molar-refractivity contribution in [1.29, 1.82) is 0 Å². The van der Waals surface area contributed by atoms with Crippen LogP contribution in [0.4, 0.5) is 5.69 Å². The van der Waals surface area contributed by atoms with Crippen LogP contribution in [0.3, 0.4) is 0 Å². The third-order valence-electron chi connectivity index (χ3n) is 5.17. The van der Waals surface area contributed by atoms with E-state index < -0.39 is 5.63 Å². The van der Waals surface area contributed by atoms with E-state index in [2.05, 4.69) is 15.9 Å². The molecule has 1 aromatic heterocycles. The van der Waals surface area contributed by atoms with Gasteiger partial charge < -0.3 is 19.2 Å². The van der Waals surface area contributed by atoms with Crippen LogP contribution in [0.2, 0.25) is 5.02 Å². The SMILES string of the molecule is CCOc1ccccc1N1CCN(Cc2cc(=O)oc3cc(O)c(Cl)cc23)CC1. The van der Waals surface area contributed by atoms with Gasteiger partial charge >= 0.3 is 5.63 Å². The molecule has 0 aliphatic carbocycles. The molecule has 3 aromatic rings. The summed E-state index contributed by atoms with van der Waals surface area (Å²) in [6.07, 6.45) is 0. The number of halogens is 1. The first-order valence-electron chi connectivity index (χ1n) is 9.69. The lowest BCUT2D eigenvalue weighted by Gasteiger charge is -2.36. The maximum Gasteiger partial charge on any atom is 0.336 e. The number of rotatable bonds is 5. The second-order valence-corrected chi connectivity index (χ2v) is 7.46. The summed E-state index contributed by atoms with van der Waals surface area (Å²) in [5.41, 5.74) is 1.88. The molecule has 1 N–H and O–H groups in total. The summed E-state index contributed by atoms with van der Waals surface area (Å²) in [5.74, 6) is 0.811. The second-order valence-electron chi connectivity index (χ2n) is 7.05. The molecule has 4 rings (SSSR count). The van der Waals surface area contributed by atoms with Crippen molar-refractivity contribution in [2.45, 2.75) is 13.5 Å². The molecule has 1 aliphatic heterocycles. The van der Waals surface area contributed by atoms with Gasteiger partial charge in [0.15, 0.2) is 0 Å². The number of benzene rings is 2. The van der Waals surface area contributed by atoms with Crippen molar-refractivity contribution in [3.63, 3.8) is 0 Å². The zero-order chi connectivity index (χ0) is 20.4. The van der Waals surface area contributed by atoms with Gasteiger partial charge in [-0.05, 0) is 30.7 Å². The number of ether oxygens (including phenoxy) is 1. The zero-order valence-electron chi connectivity index (χ0n) is 16.2. The Morgan fingerprint density at radius 1 is 1.14 bits per heavy atom. The predicted molar refractivity (Wildman–Crippen MR) is 114 cm³/mol. The van der Waals surface area contributed by atoms with E-state index in [4.69, 9.17) is 20.8 Å². The first kappa shape index (κ1) is 19.6. The monoisotopic (exact) mass is 414 g/mol. The van der Waals surface area contributed by atoms with Gasteiger partial charge in [-0.15, -0.1) is 0 Å². The minimum absolute atomic E-state index is 0.0963. The average molecular weight is 415 g/mol. The Morgan fingerprint density at radius 3 is 2.66 bits per heavy atom. The number of anilines is 1. The van der Waals surface area contributed by atoms with E-state index in [0.29, 0.717) is 18.7 Å². The first-order chi connectivity index (χ1) is 14.0. The third kappa shape index (κ3) is 4.18. The summed E-state index contributed by atoms with van der Waals surface area (Å²) in [4.78, 5) is 16.6. The third-order valence-corrected chi connectivity index (χ3v) is 5.47. The Balaban J connectivity index is 1.51. The number of hydrogen-bond donors (Lipinski definition) is 1. The van der Waals surface area contributed by atoms with Crippen molar-refractivity contribution in [2.75, 3.05) is 37.7 Å². The molecule has 2 aromatic carbocycles. The summed E-state index contributed by atoms with van der Waals surface area (Å²) < 4.78 is 11.0. The van der Waals surface area contributed by atoms with Crippen LogP contribution in [-0.4, -0.2) is 42.8 Å². The Kier molecular flexibility index (Phi) is 5.65.